The van der Waals surface area contributed by atoms with Crippen LogP contribution in [0.1, 0.15) is 84.0 Å². The summed E-state index contributed by atoms with van der Waals surface area (Å²) < 4.78 is 0. The molecule has 2 heteroatoms. The summed E-state index contributed by atoms with van der Waals surface area (Å²) in [7, 11) is 0. The molecule has 0 bridgehead atoms. The van der Waals surface area contributed by atoms with Crippen molar-refractivity contribution in [1.82, 2.24) is 0 Å². The minimum absolute atomic E-state index is 0. The van der Waals surface area contributed by atoms with Crippen LogP contribution in [-0.2, 0) is 0 Å². The van der Waals surface area contributed by atoms with Crippen molar-refractivity contribution in [2.45, 2.75) is 84.0 Å². The standard InChI is InChI=1S/C14H29Br.BrH/c1-2-3-4-5-6-7-8-9-10-11-12-13-14-15;/h2-14H2,1H3;1H. The van der Waals surface area contributed by atoms with E-state index in [2.05, 4.69) is 22.9 Å². The molecule has 0 N–H and O–H groups in total. The lowest BCUT2D eigenvalue weighted by atomic mass is 10.1. The van der Waals surface area contributed by atoms with E-state index in [1.807, 2.05) is 0 Å². The molecule has 0 nitrogen and oxygen atoms in total. The van der Waals surface area contributed by atoms with Crippen molar-refractivity contribution in [1.29, 1.82) is 0 Å². The van der Waals surface area contributed by atoms with Crippen molar-refractivity contribution in [2.24, 2.45) is 0 Å². The normalized spacial score (nSPS) is 10.1. The van der Waals surface area contributed by atoms with Crippen molar-refractivity contribution in [3.63, 3.8) is 0 Å². The Morgan fingerprint density at radius 2 is 0.875 bits per heavy atom. The summed E-state index contributed by atoms with van der Waals surface area (Å²) in [6.45, 7) is 2.28. The Balaban J connectivity index is 0. The molecule has 0 atom stereocenters. The molecular formula is C14H30Br2. The van der Waals surface area contributed by atoms with Gasteiger partial charge in [0.25, 0.3) is 0 Å². The Bertz CT molecular complexity index is 92.9. The van der Waals surface area contributed by atoms with Crippen molar-refractivity contribution in [3.05, 3.63) is 0 Å². The van der Waals surface area contributed by atoms with E-state index < -0.39 is 0 Å². The zero-order chi connectivity index (χ0) is 11.2. The second kappa shape index (κ2) is 18.3. The fourth-order valence-corrected chi connectivity index (χ4v) is 2.33. The molecule has 0 heterocycles. The number of halogens is 2. The molecular weight excluding hydrogens is 328 g/mol. The van der Waals surface area contributed by atoms with Crippen LogP contribution >= 0.6 is 32.9 Å². The summed E-state index contributed by atoms with van der Waals surface area (Å²) >= 11 is 3.47. The highest BCUT2D eigenvalue weighted by atomic mass is 79.9. The van der Waals surface area contributed by atoms with Gasteiger partial charge in [-0.05, 0) is 6.42 Å². The van der Waals surface area contributed by atoms with Crippen LogP contribution in [0, 0.1) is 0 Å². The van der Waals surface area contributed by atoms with Gasteiger partial charge in [0.15, 0.2) is 0 Å². The number of unbranched alkanes of at least 4 members (excludes halogenated alkanes) is 11. The molecule has 0 spiro atoms. The van der Waals surface area contributed by atoms with Crippen LogP contribution in [0.3, 0.4) is 0 Å². The average Bonchev–Trinajstić information content (AvgIpc) is 2.26. The highest BCUT2D eigenvalue weighted by molar-refractivity contribution is 9.09. The number of alkyl halides is 1. The van der Waals surface area contributed by atoms with Gasteiger partial charge in [0.2, 0.25) is 0 Å². The third-order valence-electron chi connectivity index (χ3n) is 2.99. The molecule has 16 heavy (non-hydrogen) atoms. The Labute approximate surface area is 122 Å². The van der Waals surface area contributed by atoms with Crippen LogP contribution in [0.25, 0.3) is 0 Å². The molecule has 0 aromatic rings. The maximum absolute atomic E-state index is 3.47. The lowest BCUT2D eigenvalue weighted by Gasteiger charge is -2.01. The molecule has 0 aromatic heterocycles. The molecule has 0 amide bonds. The summed E-state index contributed by atoms with van der Waals surface area (Å²) in [5.41, 5.74) is 0. The third kappa shape index (κ3) is 17.4. The first-order chi connectivity index (χ1) is 7.41. The van der Waals surface area contributed by atoms with Crippen LogP contribution in [-0.4, -0.2) is 5.33 Å². The zero-order valence-electron chi connectivity index (χ0n) is 11.0. The maximum Gasteiger partial charge on any atom is 0.00313 e. The van der Waals surface area contributed by atoms with E-state index in [1.54, 1.807) is 0 Å². The highest BCUT2D eigenvalue weighted by Crippen LogP contribution is 2.11. The van der Waals surface area contributed by atoms with E-state index in [0.29, 0.717) is 0 Å². The highest BCUT2D eigenvalue weighted by Gasteiger charge is 1.92. The molecule has 0 aromatic carbocycles. The second-order valence-corrected chi connectivity index (χ2v) is 5.37. The van der Waals surface area contributed by atoms with Crippen molar-refractivity contribution in [3.8, 4) is 0 Å². The van der Waals surface area contributed by atoms with Crippen molar-refractivity contribution >= 4 is 32.9 Å². The average molecular weight is 358 g/mol. The van der Waals surface area contributed by atoms with Crippen molar-refractivity contribution in [2.75, 3.05) is 5.33 Å². The second-order valence-electron chi connectivity index (χ2n) is 4.58. The molecule has 0 saturated carbocycles. The summed E-state index contributed by atoms with van der Waals surface area (Å²) in [5.74, 6) is 0. The molecule has 0 rings (SSSR count). The Morgan fingerprint density at radius 1 is 0.562 bits per heavy atom. The first-order valence-corrected chi connectivity index (χ1v) is 8.10. The molecule has 0 aliphatic heterocycles. The van der Waals surface area contributed by atoms with Crippen LogP contribution < -0.4 is 0 Å². The molecule has 0 aliphatic rings. The number of rotatable bonds is 12. The van der Waals surface area contributed by atoms with Crippen LogP contribution in [0.4, 0.5) is 0 Å². The lowest BCUT2D eigenvalue weighted by Crippen LogP contribution is -1.82. The molecule has 0 unspecified atom stereocenters. The van der Waals surface area contributed by atoms with E-state index >= 15 is 0 Å². The van der Waals surface area contributed by atoms with E-state index in [0.717, 1.165) is 0 Å². The first-order valence-electron chi connectivity index (χ1n) is 6.97. The predicted molar refractivity (Wildman–Crippen MR) is 85.2 cm³/mol. The molecule has 0 aliphatic carbocycles. The Kier molecular flexibility index (Phi) is 22.1. The van der Waals surface area contributed by atoms with E-state index in [9.17, 15) is 0 Å². The van der Waals surface area contributed by atoms with Gasteiger partial charge in [-0.1, -0.05) is 93.5 Å². The van der Waals surface area contributed by atoms with E-state index in [-0.39, 0.29) is 17.0 Å². The van der Waals surface area contributed by atoms with Gasteiger partial charge in [-0.25, -0.2) is 0 Å². The predicted octanol–water partition coefficient (Wildman–Crippen LogP) is 6.66. The smallest absolute Gasteiger partial charge is 0.00313 e. The minimum atomic E-state index is 0. The minimum Gasteiger partial charge on any atom is -0.114 e. The van der Waals surface area contributed by atoms with E-state index in [1.165, 1.54) is 82.4 Å². The molecule has 100 valence electrons. The SMILES string of the molecule is Br.CCCCCCCCCCCCCCBr. The van der Waals surface area contributed by atoms with Crippen LogP contribution in [0.5, 0.6) is 0 Å². The van der Waals surface area contributed by atoms with Gasteiger partial charge >= 0.3 is 0 Å². The molecule has 0 saturated heterocycles. The van der Waals surface area contributed by atoms with Crippen LogP contribution in [0.2, 0.25) is 0 Å². The van der Waals surface area contributed by atoms with Gasteiger partial charge in [0.05, 0.1) is 0 Å². The summed E-state index contributed by atoms with van der Waals surface area (Å²) in [6.07, 6.45) is 17.3. The quantitative estimate of drug-likeness (QED) is 0.270. The molecule has 0 fully saturated rings. The zero-order valence-corrected chi connectivity index (χ0v) is 14.3. The van der Waals surface area contributed by atoms with Crippen molar-refractivity contribution < 1.29 is 0 Å². The summed E-state index contributed by atoms with van der Waals surface area (Å²) in [5, 5.41) is 1.18. The topological polar surface area (TPSA) is 0 Å². The largest absolute Gasteiger partial charge is 0.114 e. The van der Waals surface area contributed by atoms with Gasteiger partial charge in [-0.15, -0.1) is 17.0 Å². The van der Waals surface area contributed by atoms with Gasteiger partial charge in [0.1, 0.15) is 0 Å². The van der Waals surface area contributed by atoms with E-state index in [4.69, 9.17) is 0 Å². The van der Waals surface area contributed by atoms with Gasteiger partial charge in [0, 0.05) is 5.33 Å². The first kappa shape index (κ1) is 19.3. The Morgan fingerprint density at radius 3 is 1.19 bits per heavy atom. The monoisotopic (exact) mass is 356 g/mol. The summed E-state index contributed by atoms with van der Waals surface area (Å²) in [6, 6.07) is 0. The number of hydrogen-bond acceptors (Lipinski definition) is 0. The molecule has 0 radical (unpaired) electrons. The van der Waals surface area contributed by atoms with Gasteiger partial charge in [-0.2, -0.15) is 0 Å². The summed E-state index contributed by atoms with van der Waals surface area (Å²) in [4.78, 5) is 0. The number of hydrogen-bond donors (Lipinski definition) is 0. The van der Waals surface area contributed by atoms with Crippen LogP contribution in [0.15, 0.2) is 0 Å². The maximum atomic E-state index is 3.47. The third-order valence-corrected chi connectivity index (χ3v) is 3.55. The van der Waals surface area contributed by atoms with Gasteiger partial charge in [-0.3, -0.25) is 0 Å². The van der Waals surface area contributed by atoms with Gasteiger partial charge < -0.3 is 0 Å². The lowest BCUT2D eigenvalue weighted by molar-refractivity contribution is 0.548. The fourth-order valence-electron chi connectivity index (χ4n) is 1.94. The fraction of sp³-hybridized carbons (Fsp3) is 1.00. The Hall–Kier alpha value is 0.960.